The summed E-state index contributed by atoms with van der Waals surface area (Å²) in [5.74, 6) is 2.14. The Morgan fingerprint density at radius 2 is 2.00 bits per heavy atom. The van der Waals surface area contributed by atoms with Crippen LogP contribution in [-0.2, 0) is 7.05 Å². The first kappa shape index (κ1) is 14.9. The lowest BCUT2D eigenvalue weighted by atomic mass is 9.61. The fourth-order valence-electron chi connectivity index (χ4n) is 4.78. The van der Waals surface area contributed by atoms with Crippen LogP contribution in [0.1, 0.15) is 23.6 Å². The van der Waals surface area contributed by atoms with E-state index in [0.717, 1.165) is 51.4 Å². The summed E-state index contributed by atoms with van der Waals surface area (Å²) in [5.41, 5.74) is 4.62. The largest absolute Gasteiger partial charge is 0.316 e. The third-order valence-electron chi connectivity index (χ3n) is 6.00. The Morgan fingerprint density at radius 3 is 2.77 bits per heavy atom. The van der Waals surface area contributed by atoms with Crippen molar-refractivity contribution in [1.82, 2.24) is 29.7 Å². The van der Waals surface area contributed by atoms with Crippen molar-refractivity contribution in [2.75, 3.05) is 13.1 Å². The van der Waals surface area contributed by atoms with Crippen molar-refractivity contribution in [2.45, 2.75) is 19.3 Å². The first-order valence-electron chi connectivity index (χ1n) is 9.17. The van der Waals surface area contributed by atoms with E-state index in [-0.39, 0.29) is 0 Å². The van der Waals surface area contributed by atoms with Gasteiger partial charge in [0.2, 0.25) is 4.96 Å². The minimum Gasteiger partial charge on any atom is -0.316 e. The Bertz CT molecular complexity index is 1110. The van der Waals surface area contributed by atoms with Crippen LogP contribution in [0.2, 0.25) is 0 Å². The monoisotopic (exact) mass is 364 g/mol. The second-order valence-corrected chi connectivity index (χ2v) is 8.73. The summed E-state index contributed by atoms with van der Waals surface area (Å²) in [7, 11) is 1.96. The first-order valence-corrected chi connectivity index (χ1v) is 9.98. The second kappa shape index (κ2) is 5.14. The minimum atomic E-state index is 0.627. The van der Waals surface area contributed by atoms with E-state index in [9.17, 15) is 0 Å². The summed E-state index contributed by atoms with van der Waals surface area (Å²) in [6.45, 7) is 4.38. The second-order valence-electron chi connectivity index (χ2n) is 7.77. The van der Waals surface area contributed by atoms with Crippen LogP contribution < -0.4 is 5.32 Å². The quantitative estimate of drug-likeness (QED) is 0.594. The number of hydrogen-bond acceptors (Lipinski definition) is 5. The molecule has 2 fully saturated rings. The van der Waals surface area contributed by atoms with E-state index in [1.165, 1.54) is 17.7 Å². The number of aryl methyl sites for hydroxylation is 2. The van der Waals surface area contributed by atoms with Gasteiger partial charge in [0.15, 0.2) is 0 Å². The Hall–Kier alpha value is -2.25. The van der Waals surface area contributed by atoms with Crippen molar-refractivity contribution in [1.29, 1.82) is 0 Å². The summed E-state index contributed by atoms with van der Waals surface area (Å²) < 4.78 is 3.84. The van der Waals surface area contributed by atoms with Crippen molar-refractivity contribution in [2.24, 2.45) is 18.9 Å². The summed E-state index contributed by atoms with van der Waals surface area (Å²) in [6, 6.07) is 4.35. The van der Waals surface area contributed by atoms with Crippen LogP contribution in [0.5, 0.6) is 0 Å². The highest BCUT2D eigenvalue weighted by molar-refractivity contribution is 7.19. The zero-order valence-electron chi connectivity index (χ0n) is 14.8. The van der Waals surface area contributed by atoms with Gasteiger partial charge in [-0.2, -0.15) is 10.2 Å². The van der Waals surface area contributed by atoms with E-state index in [1.807, 2.05) is 16.2 Å². The first-order chi connectivity index (χ1) is 12.7. The molecule has 1 aliphatic heterocycles. The molecule has 4 heterocycles. The molecule has 1 aliphatic carbocycles. The highest BCUT2D eigenvalue weighted by atomic mass is 32.1. The molecule has 7 heteroatoms. The molecule has 3 aromatic heterocycles. The maximum absolute atomic E-state index is 4.93. The molecule has 132 valence electrons. The smallest absolute Gasteiger partial charge is 0.212 e. The van der Waals surface area contributed by atoms with Gasteiger partial charge in [0.1, 0.15) is 5.01 Å². The van der Waals surface area contributed by atoms with Gasteiger partial charge in [0, 0.05) is 30.1 Å². The number of benzene rings is 1. The van der Waals surface area contributed by atoms with Gasteiger partial charge in [-0.3, -0.25) is 4.68 Å². The molecule has 2 aliphatic rings. The fraction of sp³-hybridized carbons (Fsp3) is 0.421. The maximum atomic E-state index is 4.93. The molecule has 1 N–H and O–H groups in total. The Labute approximate surface area is 154 Å². The molecule has 1 saturated carbocycles. The van der Waals surface area contributed by atoms with E-state index >= 15 is 0 Å². The SMILES string of the molecule is Cc1cc(-c2nn3cc(C4[C@@H]5CNC[C@H]4C5)nc3s2)cc2cn(C)nc12. The lowest BCUT2D eigenvalue weighted by Gasteiger charge is -2.49. The summed E-state index contributed by atoms with van der Waals surface area (Å²) >= 11 is 1.67. The van der Waals surface area contributed by atoms with E-state index in [2.05, 4.69) is 41.9 Å². The van der Waals surface area contributed by atoms with Crippen molar-refractivity contribution >= 4 is 27.2 Å². The van der Waals surface area contributed by atoms with Crippen molar-refractivity contribution in [3.8, 4) is 10.6 Å². The van der Waals surface area contributed by atoms with Crippen LogP contribution in [0.15, 0.2) is 24.5 Å². The zero-order chi connectivity index (χ0) is 17.4. The lowest BCUT2D eigenvalue weighted by Crippen LogP contribution is -2.51. The topological polar surface area (TPSA) is 60.0 Å². The Morgan fingerprint density at radius 1 is 1.15 bits per heavy atom. The zero-order valence-corrected chi connectivity index (χ0v) is 15.6. The molecule has 3 atom stereocenters. The van der Waals surface area contributed by atoms with Gasteiger partial charge in [-0.05, 0) is 56.0 Å². The molecule has 6 nitrogen and oxygen atoms in total. The molecule has 26 heavy (non-hydrogen) atoms. The van der Waals surface area contributed by atoms with Gasteiger partial charge in [0.25, 0.3) is 0 Å². The van der Waals surface area contributed by atoms with E-state index in [1.54, 1.807) is 11.3 Å². The van der Waals surface area contributed by atoms with Crippen LogP contribution in [0, 0.1) is 18.8 Å². The van der Waals surface area contributed by atoms with Gasteiger partial charge in [-0.25, -0.2) is 9.50 Å². The van der Waals surface area contributed by atoms with E-state index in [0.29, 0.717) is 5.92 Å². The van der Waals surface area contributed by atoms with Gasteiger partial charge in [-0.15, -0.1) is 0 Å². The number of nitrogens with one attached hydrogen (secondary N) is 1. The average molecular weight is 364 g/mol. The molecule has 1 unspecified atom stereocenters. The number of nitrogens with zero attached hydrogens (tertiary/aromatic N) is 5. The number of imidazole rings is 1. The number of fused-ring (bicyclic) bond motifs is 4. The third kappa shape index (κ3) is 2.04. The van der Waals surface area contributed by atoms with Crippen molar-refractivity contribution in [3.05, 3.63) is 35.8 Å². The van der Waals surface area contributed by atoms with E-state index in [4.69, 9.17) is 10.1 Å². The van der Waals surface area contributed by atoms with E-state index < -0.39 is 0 Å². The maximum Gasteiger partial charge on any atom is 0.212 e. The lowest BCUT2D eigenvalue weighted by molar-refractivity contribution is 0.0886. The normalized spacial score (nSPS) is 25.1. The molecule has 6 rings (SSSR count). The molecule has 4 aromatic rings. The number of aromatic nitrogens is 5. The van der Waals surface area contributed by atoms with Gasteiger partial charge in [-0.1, -0.05) is 11.3 Å². The van der Waals surface area contributed by atoms with Gasteiger partial charge < -0.3 is 5.32 Å². The van der Waals surface area contributed by atoms with Crippen molar-refractivity contribution < 1.29 is 0 Å². The van der Waals surface area contributed by atoms with Crippen LogP contribution >= 0.6 is 11.3 Å². The molecular weight excluding hydrogens is 344 g/mol. The Balaban J connectivity index is 1.39. The predicted molar refractivity (Wildman–Crippen MR) is 103 cm³/mol. The van der Waals surface area contributed by atoms with Crippen molar-refractivity contribution in [3.63, 3.8) is 0 Å². The molecule has 0 spiro atoms. The number of hydrogen-bond donors (Lipinski definition) is 1. The third-order valence-corrected chi connectivity index (χ3v) is 6.97. The molecule has 0 amide bonds. The standard InChI is InChI=1S/C19H20N6S/c1-10-3-11(4-14-8-24(2)22-17(10)14)18-23-25-9-15(21-19(25)26-18)16-12-5-13(16)7-20-6-12/h3-4,8-9,12-13,16,20H,5-7H2,1-2H3/t12-,13+,16?. The summed E-state index contributed by atoms with van der Waals surface area (Å²) in [6.07, 6.45) is 5.57. The molecule has 1 saturated heterocycles. The van der Waals surface area contributed by atoms with Crippen LogP contribution in [0.25, 0.3) is 26.4 Å². The van der Waals surface area contributed by atoms with Crippen LogP contribution in [0.3, 0.4) is 0 Å². The summed E-state index contributed by atoms with van der Waals surface area (Å²) in [4.78, 5) is 5.92. The minimum absolute atomic E-state index is 0.627. The van der Waals surface area contributed by atoms with Crippen LogP contribution in [0.4, 0.5) is 0 Å². The molecular formula is C19H20N6S. The molecule has 2 bridgehead atoms. The molecule has 0 radical (unpaired) electrons. The van der Waals surface area contributed by atoms with Gasteiger partial charge in [0.05, 0.1) is 17.4 Å². The highest BCUT2D eigenvalue weighted by Gasteiger charge is 2.45. The predicted octanol–water partition coefficient (Wildman–Crippen LogP) is 2.98. The van der Waals surface area contributed by atoms with Gasteiger partial charge >= 0.3 is 0 Å². The average Bonchev–Trinajstić information content (AvgIpc) is 3.27. The number of rotatable bonds is 2. The Kier molecular flexibility index (Phi) is 2.94. The van der Waals surface area contributed by atoms with Crippen LogP contribution in [-0.4, -0.2) is 37.5 Å². The molecule has 1 aromatic carbocycles. The number of piperidine rings is 2. The summed E-state index contributed by atoms with van der Waals surface area (Å²) in [5, 5.41) is 15.0. The fourth-order valence-corrected chi connectivity index (χ4v) is 5.65. The highest BCUT2D eigenvalue weighted by Crippen LogP contribution is 2.49.